The second-order valence-corrected chi connectivity index (χ2v) is 4.44. The highest BCUT2D eigenvalue weighted by atomic mass is 16.3. The molecule has 0 radical (unpaired) electrons. The molecule has 3 N–H and O–H groups in total. The molecule has 1 heterocycles. The topological polar surface area (TPSA) is 68.3 Å². The first kappa shape index (κ1) is 11.2. The Hall–Kier alpha value is -1.29. The van der Waals surface area contributed by atoms with Crippen molar-refractivity contribution in [2.24, 2.45) is 11.7 Å². The third-order valence-corrected chi connectivity index (χ3v) is 3.22. The zero-order valence-electron chi connectivity index (χ0n) is 9.53. The average molecular weight is 222 g/mol. The zero-order chi connectivity index (χ0) is 11.5. The monoisotopic (exact) mass is 222 g/mol. The lowest BCUT2D eigenvalue weighted by atomic mass is 10.0. The molecule has 1 aliphatic carbocycles. The largest absolute Gasteiger partial charge is 0.465 e. The van der Waals surface area contributed by atoms with Gasteiger partial charge in [-0.1, -0.05) is 6.42 Å². The minimum absolute atomic E-state index is 0.0175. The Balaban J connectivity index is 1.87. The third kappa shape index (κ3) is 2.44. The van der Waals surface area contributed by atoms with Gasteiger partial charge in [-0.15, -0.1) is 0 Å². The maximum absolute atomic E-state index is 11.2. The Morgan fingerprint density at radius 2 is 2.38 bits per heavy atom. The van der Waals surface area contributed by atoms with Gasteiger partial charge in [-0.3, -0.25) is 4.79 Å². The number of hydrogen-bond donors (Lipinski definition) is 2. The summed E-state index contributed by atoms with van der Waals surface area (Å²) in [5.74, 6) is 1.61. The van der Waals surface area contributed by atoms with Crippen LogP contribution >= 0.6 is 0 Å². The minimum Gasteiger partial charge on any atom is -0.465 e. The molecule has 1 aromatic rings. The predicted octanol–water partition coefficient (Wildman–Crippen LogP) is 1.33. The summed E-state index contributed by atoms with van der Waals surface area (Å²) in [5.41, 5.74) is 5.36. The van der Waals surface area contributed by atoms with Crippen molar-refractivity contribution < 1.29 is 9.21 Å². The molecular formula is C12H18N2O2. The maximum atomic E-state index is 11.2. The smallest absolute Gasteiger partial charge is 0.222 e. The van der Waals surface area contributed by atoms with E-state index in [2.05, 4.69) is 5.32 Å². The van der Waals surface area contributed by atoms with Crippen LogP contribution in [0, 0.1) is 12.8 Å². The van der Waals surface area contributed by atoms with Crippen LogP contribution in [-0.4, -0.2) is 11.9 Å². The van der Waals surface area contributed by atoms with Crippen LogP contribution in [0.3, 0.4) is 0 Å². The Morgan fingerprint density at radius 1 is 1.56 bits per heavy atom. The predicted molar refractivity (Wildman–Crippen MR) is 60.6 cm³/mol. The van der Waals surface area contributed by atoms with Gasteiger partial charge in [-0.2, -0.15) is 0 Å². The second-order valence-electron chi connectivity index (χ2n) is 4.44. The molecule has 1 amide bonds. The Kier molecular flexibility index (Phi) is 3.29. The summed E-state index contributed by atoms with van der Waals surface area (Å²) in [6, 6.07) is 4.11. The van der Waals surface area contributed by atoms with Crippen molar-refractivity contribution in [3.8, 4) is 0 Å². The summed E-state index contributed by atoms with van der Waals surface area (Å²) in [7, 11) is 0. The molecule has 0 aromatic carbocycles. The van der Waals surface area contributed by atoms with Crippen molar-refractivity contribution in [3.63, 3.8) is 0 Å². The SMILES string of the molecule is Cc1ccc(CNC2CCCC2C(N)=O)o1. The summed E-state index contributed by atoms with van der Waals surface area (Å²) < 4.78 is 5.46. The zero-order valence-corrected chi connectivity index (χ0v) is 9.53. The molecule has 2 rings (SSSR count). The van der Waals surface area contributed by atoms with Gasteiger partial charge in [0.05, 0.1) is 12.5 Å². The molecule has 88 valence electrons. The van der Waals surface area contributed by atoms with Crippen LogP contribution in [0.4, 0.5) is 0 Å². The molecule has 2 unspecified atom stereocenters. The first-order valence-electron chi connectivity index (χ1n) is 5.75. The fourth-order valence-corrected chi connectivity index (χ4v) is 2.36. The lowest BCUT2D eigenvalue weighted by molar-refractivity contribution is -0.122. The van der Waals surface area contributed by atoms with E-state index in [1.807, 2.05) is 19.1 Å². The fourth-order valence-electron chi connectivity index (χ4n) is 2.36. The van der Waals surface area contributed by atoms with E-state index in [0.717, 1.165) is 30.8 Å². The van der Waals surface area contributed by atoms with Crippen LogP contribution in [0.2, 0.25) is 0 Å². The molecule has 0 aliphatic heterocycles. The number of primary amides is 1. The first-order chi connectivity index (χ1) is 7.66. The van der Waals surface area contributed by atoms with E-state index >= 15 is 0 Å². The first-order valence-corrected chi connectivity index (χ1v) is 5.75. The summed E-state index contributed by atoms with van der Waals surface area (Å²) in [6.07, 6.45) is 3.00. The number of nitrogens with one attached hydrogen (secondary N) is 1. The molecule has 1 aromatic heterocycles. The number of aryl methyl sites for hydroxylation is 1. The van der Waals surface area contributed by atoms with Gasteiger partial charge in [0.15, 0.2) is 0 Å². The number of nitrogens with two attached hydrogens (primary N) is 1. The fraction of sp³-hybridized carbons (Fsp3) is 0.583. The van der Waals surface area contributed by atoms with Gasteiger partial charge < -0.3 is 15.5 Å². The molecule has 2 atom stereocenters. The van der Waals surface area contributed by atoms with Gasteiger partial charge in [-0.25, -0.2) is 0 Å². The molecule has 1 saturated carbocycles. The summed E-state index contributed by atoms with van der Waals surface area (Å²) >= 11 is 0. The normalized spacial score (nSPS) is 24.8. The summed E-state index contributed by atoms with van der Waals surface area (Å²) in [6.45, 7) is 2.59. The third-order valence-electron chi connectivity index (χ3n) is 3.22. The van der Waals surface area contributed by atoms with Crippen LogP contribution in [0.5, 0.6) is 0 Å². The van der Waals surface area contributed by atoms with Crippen LogP contribution in [-0.2, 0) is 11.3 Å². The highest BCUT2D eigenvalue weighted by Gasteiger charge is 2.30. The molecule has 1 fully saturated rings. The van der Waals surface area contributed by atoms with E-state index in [1.165, 1.54) is 0 Å². The van der Waals surface area contributed by atoms with Crippen LogP contribution in [0.25, 0.3) is 0 Å². The summed E-state index contributed by atoms with van der Waals surface area (Å²) in [4.78, 5) is 11.2. The minimum atomic E-state index is -0.189. The number of hydrogen-bond acceptors (Lipinski definition) is 3. The van der Waals surface area contributed by atoms with Gasteiger partial charge in [0, 0.05) is 6.04 Å². The standard InChI is InChI=1S/C12H18N2O2/c1-8-5-6-9(16-8)7-14-11-4-2-3-10(11)12(13)15/h5-6,10-11,14H,2-4,7H2,1H3,(H2,13,15). The van der Waals surface area contributed by atoms with Gasteiger partial charge in [0.1, 0.15) is 11.5 Å². The second kappa shape index (κ2) is 4.70. The number of carbonyl (C=O) groups excluding carboxylic acids is 1. The van der Waals surface area contributed by atoms with E-state index in [9.17, 15) is 4.79 Å². The molecule has 4 nitrogen and oxygen atoms in total. The molecular weight excluding hydrogens is 204 g/mol. The van der Waals surface area contributed by atoms with Gasteiger partial charge >= 0.3 is 0 Å². The van der Waals surface area contributed by atoms with E-state index in [4.69, 9.17) is 10.2 Å². The number of carbonyl (C=O) groups is 1. The van der Waals surface area contributed by atoms with Crippen molar-refractivity contribution in [2.45, 2.75) is 38.8 Å². The summed E-state index contributed by atoms with van der Waals surface area (Å²) in [5, 5.41) is 3.35. The Bertz CT molecular complexity index is 373. The molecule has 0 spiro atoms. The van der Waals surface area contributed by atoms with E-state index in [0.29, 0.717) is 6.54 Å². The highest BCUT2D eigenvalue weighted by molar-refractivity contribution is 5.77. The van der Waals surface area contributed by atoms with Gasteiger partial charge in [0.2, 0.25) is 5.91 Å². The quantitative estimate of drug-likeness (QED) is 0.807. The molecule has 1 aliphatic rings. The van der Waals surface area contributed by atoms with Crippen molar-refractivity contribution in [1.82, 2.24) is 5.32 Å². The van der Waals surface area contributed by atoms with Crippen molar-refractivity contribution in [3.05, 3.63) is 23.7 Å². The van der Waals surface area contributed by atoms with Crippen molar-refractivity contribution in [2.75, 3.05) is 0 Å². The van der Waals surface area contributed by atoms with Crippen LogP contribution in [0.15, 0.2) is 16.5 Å². The van der Waals surface area contributed by atoms with Gasteiger partial charge in [0.25, 0.3) is 0 Å². The van der Waals surface area contributed by atoms with Crippen molar-refractivity contribution in [1.29, 1.82) is 0 Å². The Labute approximate surface area is 95.2 Å². The molecule has 0 bridgehead atoms. The van der Waals surface area contributed by atoms with Crippen LogP contribution < -0.4 is 11.1 Å². The lowest BCUT2D eigenvalue weighted by Gasteiger charge is -2.17. The van der Waals surface area contributed by atoms with Crippen LogP contribution in [0.1, 0.15) is 30.8 Å². The highest BCUT2D eigenvalue weighted by Crippen LogP contribution is 2.25. The van der Waals surface area contributed by atoms with E-state index in [1.54, 1.807) is 0 Å². The van der Waals surface area contributed by atoms with Gasteiger partial charge in [-0.05, 0) is 31.9 Å². The molecule has 4 heteroatoms. The number of furan rings is 1. The maximum Gasteiger partial charge on any atom is 0.222 e. The molecule has 0 saturated heterocycles. The number of amides is 1. The van der Waals surface area contributed by atoms with E-state index < -0.39 is 0 Å². The Morgan fingerprint density at radius 3 is 3.00 bits per heavy atom. The molecule has 16 heavy (non-hydrogen) atoms. The average Bonchev–Trinajstić information content (AvgIpc) is 2.83. The van der Waals surface area contributed by atoms with Crippen molar-refractivity contribution >= 4 is 5.91 Å². The lowest BCUT2D eigenvalue weighted by Crippen LogP contribution is -2.38. The van der Waals surface area contributed by atoms with E-state index in [-0.39, 0.29) is 17.9 Å². The number of rotatable bonds is 4.